The third-order valence-electron chi connectivity index (χ3n) is 3.15. The average Bonchev–Trinajstić information content (AvgIpc) is 2.37. The zero-order valence-electron chi connectivity index (χ0n) is 12.8. The summed E-state index contributed by atoms with van der Waals surface area (Å²) in [6.45, 7) is 3.79. The van der Waals surface area contributed by atoms with Gasteiger partial charge in [0.15, 0.2) is 0 Å². The van der Waals surface area contributed by atoms with E-state index < -0.39 is 32.1 Å². The Morgan fingerprint density at radius 3 is 2.22 bits per heavy atom. The fraction of sp³-hybridized carbons (Fsp3) is 0.538. The zero-order valence-corrected chi connectivity index (χ0v) is 15.2. The second-order valence-electron chi connectivity index (χ2n) is 5.77. The summed E-state index contributed by atoms with van der Waals surface area (Å²) in [6.07, 6.45) is -4.65. The van der Waals surface area contributed by atoms with Gasteiger partial charge in [-0.3, -0.25) is 0 Å². The van der Waals surface area contributed by atoms with Gasteiger partial charge in [0.1, 0.15) is 4.90 Å². The molecule has 0 atom stereocenters. The first kappa shape index (κ1) is 22.5. The van der Waals surface area contributed by atoms with Crippen LogP contribution < -0.4 is 5.73 Å². The Hall–Kier alpha value is -0.540. The molecule has 0 radical (unpaired) electrons. The third kappa shape index (κ3) is 5.49. The predicted octanol–water partition coefficient (Wildman–Crippen LogP) is 3.39. The summed E-state index contributed by atoms with van der Waals surface area (Å²) in [6, 6.07) is 2.22. The van der Waals surface area contributed by atoms with Gasteiger partial charge in [-0.15, -0.1) is 12.4 Å². The molecule has 134 valence electrons. The molecule has 0 fully saturated rings. The summed E-state index contributed by atoms with van der Waals surface area (Å²) in [5, 5.41) is -0.259. The van der Waals surface area contributed by atoms with E-state index in [9.17, 15) is 21.6 Å². The second kappa shape index (κ2) is 7.57. The quantitative estimate of drug-likeness (QED) is 0.832. The molecular formula is C13H19Cl2F3N2O2S. The highest BCUT2D eigenvalue weighted by molar-refractivity contribution is 7.89. The minimum absolute atomic E-state index is 0. The molecule has 0 heterocycles. The van der Waals surface area contributed by atoms with Gasteiger partial charge < -0.3 is 5.73 Å². The van der Waals surface area contributed by atoms with E-state index >= 15 is 0 Å². The van der Waals surface area contributed by atoms with Crippen molar-refractivity contribution >= 4 is 34.0 Å². The Bertz CT molecular complexity index is 649. The first-order chi connectivity index (χ1) is 9.81. The number of alkyl halides is 3. The van der Waals surface area contributed by atoms with Gasteiger partial charge in [0.2, 0.25) is 10.0 Å². The molecule has 0 unspecified atom stereocenters. The van der Waals surface area contributed by atoms with Crippen LogP contribution in [0.25, 0.3) is 0 Å². The maximum absolute atomic E-state index is 12.7. The molecule has 1 aromatic rings. The summed E-state index contributed by atoms with van der Waals surface area (Å²) >= 11 is 5.78. The molecule has 1 rings (SSSR count). The molecule has 0 saturated carbocycles. The highest BCUT2D eigenvalue weighted by Crippen LogP contribution is 2.34. The molecule has 0 aliphatic rings. The number of halogens is 5. The van der Waals surface area contributed by atoms with Gasteiger partial charge in [-0.2, -0.15) is 13.2 Å². The van der Waals surface area contributed by atoms with Gasteiger partial charge in [0.25, 0.3) is 0 Å². The number of nitrogens with zero attached hydrogens (tertiary/aromatic N) is 1. The van der Waals surface area contributed by atoms with E-state index in [1.165, 1.54) is 7.05 Å². The topological polar surface area (TPSA) is 63.4 Å². The van der Waals surface area contributed by atoms with Crippen LogP contribution in [0.5, 0.6) is 0 Å². The Kier molecular flexibility index (Phi) is 7.39. The molecule has 2 N–H and O–H groups in total. The molecule has 0 aliphatic carbocycles. The fourth-order valence-electron chi connectivity index (χ4n) is 1.80. The molecule has 23 heavy (non-hydrogen) atoms. The first-order valence-electron chi connectivity index (χ1n) is 6.34. The number of rotatable bonds is 5. The Balaban J connectivity index is 0.00000484. The maximum Gasteiger partial charge on any atom is 0.416 e. The number of sulfonamides is 1. The lowest BCUT2D eigenvalue weighted by atomic mass is 9.94. The number of benzene rings is 1. The van der Waals surface area contributed by atoms with Crippen molar-refractivity contribution in [3.05, 3.63) is 28.8 Å². The van der Waals surface area contributed by atoms with Gasteiger partial charge in [0, 0.05) is 13.6 Å². The minimum atomic E-state index is -4.65. The summed E-state index contributed by atoms with van der Waals surface area (Å²) in [4.78, 5) is -0.570. The molecule has 0 amide bonds. The standard InChI is InChI=1S/C13H18ClF3N2O2S.ClH/c1-12(2,7-18)8-19(3)22(20,21)11-6-9(13(15,16)17)4-5-10(11)14;/h4-6H,7-8,18H2,1-3H3;1H. The number of nitrogens with two attached hydrogens (primary N) is 1. The molecule has 0 saturated heterocycles. The molecular weight excluding hydrogens is 376 g/mol. The van der Waals surface area contributed by atoms with Crippen LogP contribution in [-0.2, 0) is 16.2 Å². The van der Waals surface area contributed by atoms with E-state index in [4.69, 9.17) is 17.3 Å². The van der Waals surface area contributed by atoms with Crippen LogP contribution in [0.3, 0.4) is 0 Å². The van der Waals surface area contributed by atoms with Crippen LogP contribution >= 0.6 is 24.0 Å². The van der Waals surface area contributed by atoms with Crippen LogP contribution in [0.1, 0.15) is 19.4 Å². The largest absolute Gasteiger partial charge is 0.416 e. The van der Waals surface area contributed by atoms with E-state index in [0.29, 0.717) is 6.07 Å². The van der Waals surface area contributed by atoms with Crippen molar-refractivity contribution in [1.29, 1.82) is 0 Å². The molecule has 0 aliphatic heterocycles. The van der Waals surface area contributed by atoms with Crippen LogP contribution in [0.2, 0.25) is 5.02 Å². The van der Waals surface area contributed by atoms with Crippen molar-refractivity contribution in [2.75, 3.05) is 20.1 Å². The van der Waals surface area contributed by atoms with E-state index in [2.05, 4.69) is 0 Å². The fourth-order valence-corrected chi connectivity index (χ4v) is 3.65. The lowest BCUT2D eigenvalue weighted by Gasteiger charge is -2.28. The summed E-state index contributed by atoms with van der Waals surface area (Å²) in [7, 11) is -2.87. The van der Waals surface area contributed by atoms with Gasteiger partial charge in [-0.1, -0.05) is 25.4 Å². The van der Waals surface area contributed by atoms with Crippen LogP contribution in [0.15, 0.2) is 23.1 Å². The molecule has 10 heteroatoms. The van der Waals surface area contributed by atoms with Gasteiger partial charge in [-0.05, 0) is 30.2 Å². The van der Waals surface area contributed by atoms with Gasteiger partial charge in [-0.25, -0.2) is 12.7 Å². The number of hydrogen-bond acceptors (Lipinski definition) is 3. The molecule has 0 spiro atoms. The van der Waals surface area contributed by atoms with Crippen molar-refractivity contribution < 1.29 is 21.6 Å². The maximum atomic E-state index is 12.7. The molecule has 0 aromatic heterocycles. The monoisotopic (exact) mass is 394 g/mol. The highest BCUT2D eigenvalue weighted by Gasteiger charge is 2.34. The molecule has 0 bridgehead atoms. The average molecular weight is 395 g/mol. The minimum Gasteiger partial charge on any atom is -0.330 e. The Morgan fingerprint density at radius 2 is 1.78 bits per heavy atom. The van der Waals surface area contributed by atoms with E-state index in [0.717, 1.165) is 16.4 Å². The third-order valence-corrected chi connectivity index (χ3v) is 5.43. The van der Waals surface area contributed by atoms with Crippen molar-refractivity contribution in [1.82, 2.24) is 4.31 Å². The van der Waals surface area contributed by atoms with Crippen LogP contribution in [0.4, 0.5) is 13.2 Å². The number of hydrogen-bond donors (Lipinski definition) is 1. The Morgan fingerprint density at radius 1 is 1.26 bits per heavy atom. The SMILES string of the molecule is CN(CC(C)(C)CN)S(=O)(=O)c1cc(C(F)(F)F)ccc1Cl.Cl. The van der Waals surface area contributed by atoms with E-state index in [1.807, 2.05) is 0 Å². The van der Waals surface area contributed by atoms with E-state index in [-0.39, 0.29) is 30.5 Å². The molecule has 1 aromatic carbocycles. The van der Waals surface area contributed by atoms with Crippen molar-refractivity contribution in [3.63, 3.8) is 0 Å². The zero-order chi connectivity index (χ0) is 17.3. The van der Waals surface area contributed by atoms with Crippen molar-refractivity contribution in [2.24, 2.45) is 11.1 Å². The van der Waals surface area contributed by atoms with Crippen molar-refractivity contribution in [2.45, 2.75) is 24.9 Å². The highest BCUT2D eigenvalue weighted by atomic mass is 35.5. The lowest BCUT2D eigenvalue weighted by Crippen LogP contribution is -2.39. The normalized spacial score (nSPS) is 13.1. The van der Waals surface area contributed by atoms with Crippen LogP contribution in [0, 0.1) is 5.41 Å². The van der Waals surface area contributed by atoms with Crippen molar-refractivity contribution in [3.8, 4) is 0 Å². The van der Waals surface area contributed by atoms with Crippen LogP contribution in [-0.4, -0.2) is 32.9 Å². The predicted molar refractivity (Wildman–Crippen MR) is 86.4 cm³/mol. The summed E-state index contributed by atoms with van der Waals surface area (Å²) in [5.41, 5.74) is 3.97. The molecule has 4 nitrogen and oxygen atoms in total. The smallest absolute Gasteiger partial charge is 0.330 e. The van der Waals surface area contributed by atoms with E-state index in [1.54, 1.807) is 13.8 Å². The van der Waals surface area contributed by atoms with Gasteiger partial charge in [0.05, 0.1) is 10.6 Å². The Labute approximate surface area is 145 Å². The first-order valence-corrected chi connectivity index (χ1v) is 8.16. The second-order valence-corrected chi connectivity index (χ2v) is 8.19. The lowest BCUT2D eigenvalue weighted by molar-refractivity contribution is -0.137. The summed E-state index contributed by atoms with van der Waals surface area (Å²) in [5.74, 6) is 0. The summed E-state index contributed by atoms with van der Waals surface area (Å²) < 4.78 is 64.1. The van der Waals surface area contributed by atoms with Gasteiger partial charge >= 0.3 is 6.18 Å².